The third-order valence-electron chi connectivity index (χ3n) is 3.85. The van der Waals surface area contributed by atoms with Crippen LogP contribution in [0.3, 0.4) is 0 Å². The number of rotatable bonds is 3. The molecule has 4 nitrogen and oxygen atoms in total. The molecule has 0 amide bonds. The number of pyridine rings is 1. The van der Waals surface area contributed by atoms with Gasteiger partial charge in [0.2, 0.25) is 0 Å². The molecular weight excluding hydrogens is 284 g/mol. The first-order valence-corrected chi connectivity index (χ1v) is 7.87. The van der Waals surface area contributed by atoms with E-state index < -0.39 is 0 Å². The van der Waals surface area contributed by atoms with Crippen LogP contribution in [-0.4, -0.2) is 21.5 Å². The lowest BCUT2D eigenvalue weighted by Crippen LogP contribution is -2.21. The Balaban J connectivity index is 2.01. The van der Waals surface area contributed by atoms with Gasteiger partial charge in [-0.15, -0.1) is 0 Å². The molecule has 0 saturated carbocycles. The van der Waals surface area contributed by atoms with Gasteiger partial charge in [-0.05, 0) is 37.9 Å². The van der Waals surface area contributed by atoms with E-state index in [9.17, 15) is 0 Å². The van der Waals surface area contributed by atoms with Gasteiger partial charge in [-0.25, -0.2) is 9.97 Å². The van der Waals surface area contributed by atoms with Gasteiger partial charge in [0.1, 0.15) is 5.69 Å². The molecule has 2 aromatic heterocycles. The van der Waals surface area contributed by atoms with Crippen molar-refractivity contribution in [2.45, 2.75) is 38.6 Å². The topological polar surface area (TPSA) is 50.7 Å². The van der Waals surface area contributed by atoms with Crippen LogP contribution in [-0.2, 0) is 6.42 Å². The molecule has 21 heavy (non-hydrogen) atoms. The molecule has 1 atom stereocenters. The maximum atomic E-state index is 6.20. The summed E-state index contributed by atoms with van der Waals surface area (Å²) in [5.74, 6) is 0.622. The molecule has 3 rings (SSSR count). The highest BCUT2D eigenvalue weighted by Gasteiger charge is 2.20. The molecule has 0 aliphatic heterocycles. The van der Waals surface area contributed by atoms with E-state index in [2.05, 4.69) is 22.2 Å². The minimum absolute atomic E-state index is 0.362. The quantitative estimate of drug-likeness (QED) is 0.881. The Kier molecular flexibility index (Phi) is 4.46. The van der Waals surface area contributed by atoms with E-state index in [1.54, 1.807) is 6.20 Å². The van der Waals surface area contributed by atoms with Crippen molar-refractivity contribution in [2.24, 2.45) is 0 Å². The van der Waals surface area contributed by atoms with Crippen molar-refractivity contribution in [2.75, 3.05) is 6.54 Å². The number of nitrogens with one attached hydrogen (secondary N) is 1. The second-order valence-electron chi connectivity index (χ2n) is 5.29. The summed E-state index contributed by atoms with van der Waals surface area (Å²) in [5, 5.41) is 4.12. The molecule has 1 aliphatic rings. The van der Waals surface area contributed by atoms with Crippen molar-refractivity contribution in [3.63, 3.8) is 0 Å². The summed E-state index contributed by atoms with van der Waals surface area (Å²) in [5.41, 5.74) is 3.02. The molecular formula is C16H19ClN4. The number of nitrogens with zero attached hydrogens (tertiary/aromatic N) is 3. The standard InChI is InChI=1S/C16H19ClN4/c1-2-18-13-7-3-4-8-14-11(13)10-20-16(21-14)15-12(17)6-5-9-19-15/h5-6,9-10,13,18H,2-4,7-8H2,1H3. The van der Waals surface area contributed by atoms with Gasteiger partial charge in [0.15, 0.2) is 5.82 Å². The minimum atomic E-state index is 0.362. The summed E-state index contributed by atoms with van der Waals surface area (Å²) in [7, 11) is 0. The van der Waals surface area contributed by atoms with Gasteiger partial charge < -0.3 is 5.32 Å². The third-order valence-corrected chi connectivity index (χ3v) is 4.16. The number of fused-ring (bicyclic) bond motifs is 1. The summed E-state index contributed by atoms with van der Waals surface area (Å²) in [4.78, 5) is 13.5. The first-order valence-electron chi connectivity index (χ1n) is 7.49. The Morgan fingerprint density at radius 2 is 2.24 bits per heavy atom. The molecule has 0 fully saturated rings. The summed E-state index contributed by atoms with van der Waals surface area (Å²) >= 11 is 6.20. The highest BCUT2D eigenvalue weighted by Crippen LogP contribution is 2.29. The maximum Gasteiger partial charge on any atom is 0.179 e. The molecule has 1 aliphatic carbocycles. The van der Waals surface area contributed by atoms with Crippen LogP contribution >= 0.6 is 11.6 Å². The lowest BCUT2D eigenvalue weighted by Gasteiger charge is -2.17. The zero-order chi connectivity index (χ0) is 14.7. The van der Waals surface area contributed by atoms with Crippen LogP contribution in [0.15, 0.2) is 24.5 Å². The van der Waals surface area contributed by atoms with Crippen molar-refractivity contribution < 1.29 is 0 Å². The van der Waals surface area contributed by atoms with Crippen LogP contribution < -0.4 is 5.32 Å². The van der Waals surface area contributed by atoms with E-state index in [1.165, 1.54) is 18.4 Å². The SMILES string of the molecule is CCNC1CCCCc2nc(-c3ncccc3Cl)ncc21. The van der Waals surface area contributed by atoms with Crippen molar-refractivity contribution in [3.05, 3.63) is 40.8 Å². The number of halogens is 1. The summed E-state index contributed by atoms with van der Waals surface area (Å²) < 4.78 is 0. The van der Waals surface area contributed by atoms with Gasteiger partial charge in [-0.1, -0.05) is 24.9 Å². The molecule has 1 N–H and O–H groups in total. The predicted molar refractivity (Wildman–Crippen MR) is 84.2 cm³/mol. The fourth-order valence-electron chi connectivity index (χ4n) is 2.84. The van der Waals surface area contributed by atoms with Crippen LogP contribution in [0.5, 0.6) is 0 Å². The number of hydrogen-bond acceptors (Lipinski definition) is 4. The van der Waals surface area contributed by atoms with Gasteiger partial charge in [0.05, 0.1) is 5.02 Å². The highest BCUT2D eigenvalue weighted by atomic mass is 35.5. The molecule has 110 valence electrons. The van der Waals surface area contributed by atoms with Crippen LogP contribution in [0.25, 0.3) is 11.5 Å². The van der Waals surface area contributed by atoms with Crippen LogP contribution in [0.2, 0.25) is 5.02 Å². The van der Waals surface area contributed by atoms with Gasteiger partial charge >= 0.3 is 0 Å². The maximum absolute atomic E-state index is 6.20. The minimum Gasteiger partial charge on any atom is -0.310 e. The van der Waals surface area contributed by atoms with Crippen molar-refractivity contribution >= 4 is 11.6 Å². The third kappa shape index (κ3) is 3.06. The molecule has 0 saturated heterocycles. The van der Waals surface area contributed by atoms with Gasteiger partial charge in [0, 0.05) is 29.7 Å². The Morgan fingerprint density at radius 3 is 3.05 bits per heavy atom. The van der Waals surface area contributed by atoms with E-state index in [-0.39, 0.29) is 0 Å². The zero-order valence-corrected chi connectivity index (χ0v) is 12.9. The Morgan fingerprint density at radius 1 is 1.33 bits per heavy atom. The van der Waals surface area contributed by atoms with Crippen LogP contribution in [0.1, 0.15) is 43.5 Å². The summed E-state index contributed by atoms with van der Waals surface area (Å²) in [6, 6.07) is 4.00. The fraction of sp³-hybridized carbons (Fsp3) is 0.438. The molecule has 2 heterocycles. The van der Waals surface area contributed by atoms with Gasteiger partial charge in [-0.3, -0.25) is 4.98 Å². The smallest absolute Gasteiger partial charge is 0.179 e. The van der Waals surface area contributed by atoms with Crippen molar-refractivity contribution in [3.8, 4) is 11.5 Å². The van der Waals surface area contributed by atoms with E-state index in [0.717, 1.165) is 25.1 Å². The first-order chi connectivity index (χ1) is 10.3. The average molecular weight is 303 g/mol. The van der Waals surface area contributed by atoms with E-state index in [0.29, 0.717) is 22.6 Å². The lowest BCUT2D eigenvalue weighted by molar-refractivity contribution is 0.502. The van der Waals surface area contributed by atoms with Crippen molar-refractivity contribution in [1.29, 1.82) is 0 Å². The Bertz CT molecular complexity index is 629. The van der Waals surface area contributed by atoms with Gasteiger partial charge in [-0.2, -0.15) is 0 Å². The largest absolute Gasteiger partial charge is 0.310 e. The Hall–Kier alpha value is -1.52. The second-order valence-corrected chi connectivity index (χ2v) is 5.69. The normalized spacial score (nSPS) is 18.1. The molecule has 0 spiro atoms. The molecule has 0 radical (unpaired) electrons. The Labute approximate surface area is 130 Å². The van der Waals surface area contributed by atoms with E-state index >= 15 is 0 Å². The predicted octanol–water partition coefficient (Wildman–Crippen LogP) is 3.57. The van der Waals surface area contributed by atoms with Crippen molar-refractivity contribution in [1.82, 2.24) is 20.3 Å². The first kappa shape index (κ1) is 14.4. The fourth-order valence-corrected chi connectivity index (χ4v) is 3.04. The van der Waals surface area contributed by atoms with Gasteiger partial charge in [0.25, 0.3) is 0 Å². The monoisotopic (exact) mass is 302 g/mol. The van der Waals surface area contributed by atoms with Crippen LogP contribution in [0, 0.1) is 0 Å². The molecule has 0 bridgehead atoms. The highest BCUT2D eigenvalue weighted by molar-refractivity contribution is 6.32. The van der Waals surface area contributed by atoms with E-state index in [4.69, 9.17) is 16.6 Å². The molecule has 2 aromatic rings. The van der Waals surface area contributed by atoms with Crippen LogP contribution in [0.4, 0.5) is 0 Å². The number of aryl methyl sites for hydroxylation is 1. The zero-order valence-electron chi connectivity index (χ0n) is 12.1. The lowest BCUT2D eigenvalue weighted by atomic mass is 10.0. The summed E-state index contributed by atoms with van der Waals surface area (Å²) in [6.07, 6.45) is 8.19. The van der Waals surface area contributed by atoms with E-state index in [1.807, 2.05) is 18.3 Å². The second kappa shape index (κ2) is 6.50. The number of aromatic nitrogens is 3. The number of hydrogen-bond donors (Lipinski definition) is 1. The average Bonchev–Trinajstić information content (AvgIpc) is 2.70. The molecule has 1 unspecified atom stereocenters. The molecule has 0 aromatic carbocycles. The molecule has 5 heteroatoms. The summed E-state index contributed by atoms with van der Waals surface area (Å²) in [6.45, 7) is 3.09.